The molecule has 0 spiro atoms. The maximum atomic E-state index is 10.3. The molecule has 2 aliphatic rings. The number of carbonyl (C=O) groups is 1. The van der Waals surface area contributed by atoms with E-state index in [4.69, 9.17) is 14.9 Å². The Labute approximate surface area is 179 Å². The Balaban J connectivity index is 0. The Morgan fingerprint density at radius 2 is 1.24 bits per heavy atom. The number of hydrogen-bond acceptors (Lipinski definition) is 4. The van der Waals surface area contributed by atoms with Crippen LogP contribution in [0.15, 0.2) is 12.2 Å². The molecule has 0 aromatic heterocycles. The summed E-state index contributed by atoms with van der Waals surface area (Å²) >= 11 is 0. The lowest BCUT2D eigenvalue weighted by Gasteiger charge is -1.99. The van der Waals surface area contributed by atoms with Gasteiger partial charge in [0.2, 0.25) is 0 Å². The van der Waals surface area contributed by atoms with Gasteiger partial charge in [0.15, 0.2) is 0 Å². The number of hydrogen-bond donors (Lipinski definition) is 2. The fraction of sp³-hybridized carbons (Fsp3) is 0.875. The second-order valence-corrected chi connectivity index (χ2v) is 7.48. The van der Waals surface area contributed by atoms with Gasteiger partial charge in [-0.15, -0.1) is 0 Å². The van der Waals surface area contributed by atoms with Crippen molar-refractivity contribution in [2.75, 3.05) is 26.9 Å². The molecule has 2 aliphatic heterocycles. The Kier molecular flexibility index (Phi) is 28.3. The van der Waals surface area contributed by atoms with E-state index in [0.29, 0.717) is 12.5 Å². The lowest BCUT2D eigenvalue weighted by atomic mass is 10.1. The zero-order valence-electron chi connectivity index (χ0n) is 19.4. The Morgan fingerprint density at radius 1 is 0.862 bits per heavy atom. The third-order valence-corrected chi connectivity index (χ3v) is 4.36. The minimum atomic E-state index is -0.664. The van der Waals surface area contributed by atoms with Crippen LogP contribution >= 0.6 is 0 Å². The average Bonchev–Trinajstić information content (AvgIpc) is 3.62. The molecule has 5 nitrogen and oxygen atoms in total. The Hall–Kier alpha value is -0.910. The summed E-state index contributed by atoms with van der Waals surface area (Å²) in [6.45, 7) is 7.30. The van der Waals surface area contributed by atoms with Crippen molar-refractivity contribution in [3.63, 3.8) is 0 Å². The number of aliphatic hydroxyl groups excluding tert-OH is 1. The first kappa shape index (κ1) is 30.3. The molecule has 5 heteroatoms. The van der Waals surface area contributed by atoms with Gasteiger partial charge in [-0.1, -0.05) is 70.4 Å². The highest BCUT2D eigenvalue weighted by Crippen LogP contribution is 2.09. The van der Waals surface area contributed by atoms with Crippen LogP contribution in [0.5, 0.6) is 0 Å². The first-order valence-corrected chi connectivity index (χ1v) is 11.7. The molecular weight excluding hydrogens is 368 g/mol. The molecule has 174 valence electrons. The zero-order chi connectivity index (χ0) is 22.0. The fourth-order valence-corrected chi connectivity index (χ4v) is 2.44. The predicted molar refractivity (Wildman–Crippen MR) is 121 cm³/mol. The van der Waals surface area contributed by atoms with Gasteiger partial charge < -0.3 is 19.7 Å². The zero-order valence-corrected chi connectivity index (χ0v) is 19.4. The molecule has 2 heterocycles. The van der Waals surface area contributed by atoms with Gasteiger partial charge in [-0.05, 0) is 39.0 Å². The van der Waals surface area contributed by atoms with E-state index in [-0.39, 0.29) is 0 Å². The van der Waals surface area contributed by atoms with E-state index in [1.54, 1.807) is 0 Å². The third kappa shape index (κ3) is 42.3. The highest BCUT2D eigenvalue weighted by Gasteiger charge is 2.13. The van der Waals surface area contributed by atoms with Crippen molar-refractivity contribution in [3.05, 3.63) is 12.2 Å². The number of allylic oxidation sites excluding steroid dienone is 2. The van der Waals surface area contributed by atoms with Crippen molar-refractivity contribution in [3.8, 4) is 0 Å². The van der Waals surface area contributed by atoms with Crippen molar-refractivity contribution in [2.45, 2.75) is 110 Å². The first-order valence-electron chi connectivity index (χ1n) is 11.7. The number of epoxide rings is 2. The fourth-order valence-electron chi connectivity index (χ4n) is 2.44. The summed E-state index contributed by atoms with van der Waals surface area (Å²) in [4.78, 5) is 10.3. The molecule has 2 rings (SSSR count). The molecular formula is C24H48O5. The Morgan fingerprint density at radius 3 is 1.59 bits per heavy atom. The minimum absolute atomic E-state index is 0.332. The maximum absolute atomic E-state index is 10.3. The van der Waals surface area contributed by atoms with Crippen LogP contribution in [0.3, 0.4) is 0 Å². The highest BCUT2D eigenvalue weighted by atomic mass is 16.6. The number of carboxylic acids is 1. The van der Waals surface area contributed by atoms with Crippen molar-refractivity contribution in [2.24, 2.45) is 0 Å². The number of carboxylic acid groups (broad SMARTS) is 1. The molecule has 2 saturated heterocycles. The molecule has 2 fully saturated rings. The summed E-state index contributed by atoms with van der Waals surface area (Å²) in [6, 6.07) is 0. The van der Waals surface area contributed by atoms with Crippen LogP contribution < -0.4 is 0 Å². The van der Waals surface area contributed by atoms with E-state index in [1.165, 1.54) is 70.6 Å². The maximum Gasteiger partial charge on any atom is 0.303 e. The molecule has 1 unspecified atom stereocenters. The molecule has 0 aromatic carbocycles. The molecule has 29 heavy (non-hydrogen) atoms. The first-order chi connectivity index (χ1) is 14.2. The van der Waals surface area contributed by atoms with Crippen LogP contribution in [0, 0.1) is 0 Å². The normalized spacial score (nSPS) is 15.9. The lowest BCUT2D eigenvalue weighted by Crippen LogP contribution is -1.93. The largest absolute Gasteiger partial charge is 0.481 e. The van der Waals surface area contributed by atoms with Gasteiger partial charge in [-0.3, -0.25) is 4.79 Å². The summed E-state index contributed by atoms with van der Waals surface area (Å²) in [5.74, 6) is -0.664. The van der Waals surface area contributed by atoms with Crippen molar-refractivity contribution in [1.29, 1.82) is 0 Å². The van der Waals surface area contributed by atoms with Crippen LogP contribution in [0.1, 0.15) is 104 Å². The molecule has 0 aromatic rings. The van der Waals surface area contributed by atoms with Crippen LogP contribution in [0.25, 0.3) is 0 Å². The van der Waals surface area contributed by atoms with Gasteiger partial charge in [-0.2, -0.15) is 0 Å². The summed E-state index contributed by atoms with van der Waals surface area (Å²) in [7, 11) is 1.00. The summed E-state index contributed by atoms with van der Waals surface area (Å²) in [5.41, 5.74) is 0. The number of aliphatic carboxylic acids is 1. The molecule has 0 bridgehead atoms. The van der Waals surface area contributed by atoms with E-state index in [9.17, 15) is 4.79 Å². The predicted octanol–water partition coefficient (Wildman–Crippen LogP) is 6.14. The van der Waals surface area contributed by atoms with Crippen LogP contribution in [-0.4, -0.2) is 49.2 Å². The molecule has 0 saturated carbocycles. The molecule has 0 amide bonds. The molecule has 0 radical (unpaired) electrons. The summed E-state index contributed by atoms with van der Waals surface area (Å²) < 4.78 is 9.21. The van der Waals surface area contributed by atoms with Crippen LogP contribution in [0.4, 0.5) is 0 Å². The SMILES string of the molecule is C1CO1.CC1CO1.CCCCCCCC/C=C\CCCCCCCC(=O)O.CO. The average molecular weight is 417 g/mol. The lowest BCUT2D eigenvalue weighted by molar-refractivity contribution is -0.137. The second-order valence-electron chi connectivity index (χ2n) is 7.48. The van der Waals surface area contributed by atoms with Crippen molar-refractivity contribution < 1.29 is 24.5 Å². The number of unbranched alkanes of at least 4 members (excludes halogenated alkanes) is 11. The number of aliphatic hydroxyl groups is 1. The third-order valence-electron chi connectivity index (χ3n) is 4.36. The Bertz CT molecular complexity index is 335. The second kappa shape index (κ2) is 27.1. The van der Waals surface area contributed by atoms with E-state index >= 15 is 0 Å². The molecule has 1 atom stereocenters. The van der Waals surface area contributed by atoms with Gasteiger partial charge in [0.25, 0.3) is 0 Å². The standard InChI is InChI=1S/C18H34O2.C3H6O.C2H4O.CH4O/c1-2-3-4-5-6-7-8-9-10-11-12-13-14-15-16-17-18(19)20;1-3-2-4-3;1-2-3-1;1-2/h9-10H,2-8,11-17H2,1H3,(H,19,20);3H,2H2,1H3;1-2H2;2H,1H3/b10-9-;;;. The van der Waals surface area contributed by atoms with Gasteiger partial charge in [0, 0.05) is 13.5 Å². The van der Waals surface area contributed by atoms with Crippen molar-refractivity contribution >= 4 is 5.97 Å². The topological polar surface area (TPSA) is 82.6 Å². The monoisotopic (exact) mass is 416 g/mol. The van der Waals surface area contributed by atoms with E-state index in [1.807, 2.05) is 0 Å². The van der Waals surface area contributed by atoms with E-state index < -0.39 is 5.97 Å². The van der Waals surface area contributed by atoms with E-state index in [0.717, 1.165) is 39.8 Å². The smallest absolute Gasteiger partial charge is 0.303 e. The summed E-state index contributed by atoms with van der Waals surface area (Å²) in [5, 5.41) is 15.5. The van der Waals surface area contributed by atoms with E-state index in [2.05, 4.69) is 30.7 Å². The molecule has 2 N–H and O–H groups in total. The van der Waals surface area contributed by atoms with Crippen LogP contribution in [0.2, 0.25) is 0 Å². The quantitative estimate of drug-likeness (QED) is 0.190. The number of rotatable bonds is 15. The van der Waals surface area contributed by atoms with Gasteiger partial charge in [-0.25, -0.2) is 0 Å². The number of ether oxygens (including phenoxy) is 2. The van der Waals surface area contributed by atoms with Gasteiger partial charge in [0.05, 0.1) is 25.9 Å². The summed E-state index contributed by atoms with van der Waals surface area (Å²) in [6.07, 6.45) is 21.8. The van der Waals surface area contributed by atoms with Crippen molar-refractivity contribution in [1.82, 2.24) is 0 Å². The highest BCUT2D eigenvalue weighted by molar-refractivity contribution is 5.66. The minimum Gasteiger partial charge on any atom is -0.481 e. The van der Waals surface area contributed by atoms with Gasteiger partial charge >= 0.3 is 5.97 Å². The van der Waals surface area contributed by atoms with Gasteiger partial charge in [0.1, 0.15) is 0 Å². The molecule has 0 aliphatic carbocycles. The van der Waals surface area contributed by atoms with Crippen LogP contribution in [-0.2, 0) is 14.3 Å².